The van der Waals surface area contributed by atoms with Crippen molar-refractivity contribution >= 4 is 37.3 Å². The Morgan fingerprint density at radius 1 is 1.20 bits per heavy atom. The monoisotopic (exact) mass is 355 g/mol. The summed E-state index contributed by atoms with van der Waals surface area (Å²) in [5.74, 6) is 0.453. The summed E-state index contributed by atoms with van der Waals surface area (Å²) in [6, 6.07) is 5.59. The summed E-state index contributed by atoms with van der Waals surface area (Å²) in [6.07, 6.45) is 2.51. The van der Waals surface area contributed by atoms with Gasteiger partial charge in [0.05, 0.1) is 0 Å². The lowest BCUT2D eigenvalue weighted by molar-refractivity contribution is 0.593. The number of aryl methyl sites for hydroxylation is 2. The molecule has 5 nitrogen and oxygen atoms in total. The van der Waals surface area contributed by atoms with Gasteiger partial charge in [0, 0.05) is 22.6 Å². The minimum Gasteiger partial charge on any atom is -0.340 e. The second-order valence-corrected chi connectivity index (χ2v) is 7.36. The number of benzene rings is 1. The lowest BCUT2D eigenvalue weighted by Crippen LogP contribution is -2.06. The van der Waals surface area contributed by atoms with E-state index >= 15 is 0 Å². The first-order valence-electron chi connectivity index (χ1n) is 5.84. The van der Waals surface area contributed by atoms with Gasteiger partial charge in [-0.25, -0.2) is 18.4 Å². The normalized spacial score (nSPS) is 11.4. The lowest BCUT2D eigenvalue weighted by Gasteiger charge is -2.13. The average Bonchev–Trinajstić information content (AvgIpc) is 2.33. The first kappa shape index (κ1) is 14.9. The number of hydrogen-bond donors (Lipinski definition) is 1. The van der Waals surface area contributed by atoms with Gasteiger partial charge in [0.2, 0.25) is 15.0 Å². The van der Waals surface area contributed by atoms with Crippen LogP contribution in [0.2, 0.25) is 0 Å². The molecule has 0 aliphatic carbocycles. The van der Waals surface area contributed by atoms with Crippen molar-refractivity contribution in [2.24, 2.45) is 0 Å². The minimum atomic E-state index is -3.41. The van der Waals surface area contributed by atoms with Crippen molar-refractivity contribution in [2.75, 3.05) is 11.6 Å². The van der Waals surface area contributed by atoms with E-state index in [0.29, 0.717) is 5.82 Å². The third-order valence-corrected chi connectivity index (χ3v) is 4.03. The van der Waals surface area contributed by atoms with Crippen LogP contribution >= 0.6 is 15.9 Å². The van der Waals surface area contributed by atoms with E-state index in [9.17, 15) is 8.42 Å². The fraction of sp³-hybridized carbons (Fsp3) is 0.231. The van der Waals surface area contributed by atoms with Gasteiger partial charge in [0.1, 0.15) is 5.82 Å². The first-order chi connectivity index (χ1) is 9.27. The molecular weight excluding hydrogens is 342 g/mol. The Morgan fingerprint density at radius 3 is 2.35 bits per heavy atom. The van der Waals surface area contributed by atoms with Gasteiger partial charge in [0.15, 0.2) is 0 Å². The molecule has 0 spiro atoms. The lowest BCUT2D eigenvalue weighted by atomic mass is 10.1. The second-order valence-electron chi connectivity index (χ2n) is 4.54. The van der Waals surface area contributed by atoms with Crippen LogP contribution in [0.4, 0.5) is 11.5 Å². The molecule has 7 heteroatoms. The summed E-state index contributed by atoms with van der Waals surface area (Å²) >= 11 is 3.44. The Balaban J connectivity index is 2.41. The Labute approximate surface area is 126 Å². The van der Waals surface area contributed by atoms with Crippen LogP contribution in [0, 0.1) is 13.8 Å². The predicted molar refractivity (Wildman–Crippen MR) is 82.0 cm³/mol. The van der Waals surface area contributed by atoms with Crippen molar-refractivity contribution in [1.29, 1.82) is 0 Å². The van der Waals surface area contributed by atoms with E-state index < -0.39 is 9.84 Å². The summed E-state index contributed by atoms with van der Waals surface area (Å²) in [5, 5.41) is 2.96. The molecule has 20 heavy (non-hydrogen) atoms. The van der Waals surface area contributed by atoms with E-state index in [1.807, 2.05) is 26.0 Å². The highest BCUT2D eigenvalue weighted by Crippen LogP contribution is 2.27. The smallest absolute Gasteiger partial charge is 0.248 e. The SMILES string of the molecule is Cc1cc(Br)cc(C)c1Nc1ccnc(S(C)(=O)=O)n1. The van der Waals surface area contributed by atoms with E-state index in [2.05, 4.69) is 31.2 Å². The van der Waals surface area contributed by atoms with Crippen LogP contribution in [-0.4, -0.2) is 24.6 Å². The average molecular weight is 356 g/mol. The van der Waals surface area contributed by atoms with Gasteiger partial charge in [-0.15, -0.1) is 0 Å². The number of anilines is 2. The van der Waals surface area contributed by atoms with Crippen LogP contribution in [0.3, 0.4) is 0 Å². The van der Waals surface area contributed by atoms with E-state index in [1.54, 1.807) is 6.07 Å². The van der Waals surface area contributed by atoms with Crippen LogP contribution in [0.1, 0.15) is 11.1 Å². The van der Waals surface area contributed by atoms with Crippen LogP contribution in [0.25, 0.3) is 0 Å². The fourth-order valence-corrected chi connectivity index (χ4v) is 3.03. The summed E-state index contributed by atoms with van der Waals surface area (Å²) in [7, 11) is -3.41. The molecule has 2 aromatic rings. The highest BCUT2D eigenvalue weighted by Gasteiger charge is 2.12. The fourth-order valence-electron chi connectivity index (χ4n) is 1.82. The molecule has 1 aromatic carbocycles. The summed E-state index contributed by atoms with van der Waals surface area (Å²) in [6.45, 7) is 3.94. The van der Waals surface area contributed by atoms with Crippen LogP contribution < -0.4 is 5.32 Å². The Kier molecular flexibility index (Phi) is 4.10. The minimum absolute atomic E-state index is 0.185. The van der Waals surface area contributed by atoms with Crippen molar-refractivity contribution < 1.29 is 8.42 Å². The number of hydrogen-bond acceptors (Lipinski definition) is 5. The molecule has 1 aromatic heterocycles. The molecule has 0 saturated carbocycles. The molecule has 1 N–H and O–H groups in total. The van der Waals surface area contributed by atoms with Gasteiger partial charge < -0.3 is 5.32 Å². The summed E-state index contributed by atoms with van der Waals surface area (Å²) in [4.78, 5) is 7.79. The molecule has 106 valence electrons. The third-order valence-electron chi connectivity index (χ3n) is 2.72. The van der Waals surface area contributed by atoms with Crippen molar-refractivity contribution in [3.63, 3.8) is 0 Å². The quantitative estimate of drug-likeness (QED) is 0.856. The zero-order valence-corrected chi connectivity index (χ0v) is 13.7. The number of halogens is 1. The standard InChI is InChI=1S/C13H14BrN3O2S/c1-8-6-10(14)7-9(2)12(8)16-11-4-5-15-13(17-11)20(3,18)19/h4-7H,1-3H3,(H,15,16,17). The van der Waals surface area contributed by atoms with Crippen LogP contribution in [0.15, 0.2) is 34.0 Å². The molecule has 0 fully saturated rings. The Bertz CT molecular complexity index is 737. The molecule has 0 bridgehead atoms. The molecule has 0 aliphatic rings. The molecule has 0 amide bonds. The zero-order valence-electron chi connectivity index (χ0n) is 11.3. The molecule has 0 aliphatic heterocycles. The zero-order chi connectivity index (χ0) is 14.9. The third kappa shape index (κ3) is 3.34. The van der Waals surface area contributed by atoms with E-state index in [4.69, 9.17) is 0 Å². The highest BCUT2D eigenvalue weighted by molar-refractivity contribution is 9.10. The van der Waals surface area contributed by atoms with E-state index in [-0.39, 0.29) is 5.16 Å². The maximum absolute atomic E-state index is 11.5. The molecule has 2 rings (SSSR count). The number of nitrogens with zero attached hydrogens (tertiary/aromatic N) is 2. The summed E-state index contributed by atoms with van der Waals surface area (Å²) in [5.41, 5.74) is 2.99. The van der Waals surface area contributed by atoms with Gasteiger partial charge in [-0.2, -0.15) is 0 Å². The second kappa shape index (κ2) is 5.49. The predicted octanol–water partition coefficient (Wildman–Crippen LogP) is 3.00. The highest BCUT2D eigenvalue weighted by atomic mass is 79.9. The van der Waals surface area contributed by atoms with E-state index in [1.165, 1.54) is 6.20 Å². The number of aromatic nitrogens is 2. The maximum atomic E-state index is 11.5. The van der Waals surface area contributed by atoms with Gasteiger partial charge in [-0.05, 0) is 43.2 Å². The number of sulfone groups is 1. The molecule has 1 heterocycles. The molecule has 0 saturated heterocycles. The summed E-state index contributed by atoms with van der Waals surface area (Å²) < 4.78 is 23.9. The Morgan fingerprint density at radius 2 is 1.80 bits per heavy atom. The van der Waals surface area contributed by atoms with Crippen LogP contribution in [-0.2, 0) is 9.84 Å². The van der Waals surface area contributed by atoms with E-state index in [0.717, 1.165) is 27.5 Å². The topological polar surface area (TPSA) is 72.0 Å². The van der Waals surface area contributed by atoms with Gasteiger partial charge in [0.25, 0.3) is 0 Å². The van der Waals surface area contributed by atoms with Crippen LogP contribution in [0.5, 0.6) is 0 Å². The maximum Gasteiger partial charge on any atom is 0.248 e. The first-order valence-corrected chi connectivity index (χ1v) is 8.52. The van der Waals surface area contributed by atoms with Gasteiger partial charge in [-0.3, -0.25) is 0 Å². The number of rotatable bonds is 3. The molecule has 0 unspecified atom stereocenters. The van der Waals surface area contributed by atoms with Gasteiger partial charge >= 0.3 is 0 Å². The molecule has 0 atom stereocenters. The van der Waals surface area contributed by atoms with Crippen molar-refractivity contribution in [3.05, 3.63) is 40.0 Å². The van der Waals surface area contributed by atoms with Crippen molar-refractivity contribution in [3.8, 4) is 0 Å². The van der Waals surface area contributed by atoms with Crippen molar-refractivity contribution in [1.82, 2.24) is 9.97 Å². The molecule has 0 radical (unpaired) electrons. The Hall–Kier alpha value is -1.47. The van der Waals surface area contributed by atoms with Crippen molar-refractivity contribution in [2.45, 2.75) is 19.0 Å². The van der Waals surface area contributed by atoms with Gasteiger partial charge in [-0.1, -0.05) is 15.9 Å². The molecular formula is C13H14BrN3O2S. The largest absolute Gasteiger partial charge is 0.340 e. The number of nitrogens with one attached hydrogen (secondary N) is 1.